The van der Waals surface area contributed by atoms with Gasteiger partial charge in [0.05, 0.1) is 15.8 Å². The minimum absolute atomic E-state index is 0.00716. The first-order valence-corrected chi connectivity index (χ1v) is 14.5. The number of fused-ring (bicyclic) bond motifs is 1. The third-order valence-corrected chi connectivity index (χ3v) is 9.41. The van der Waals surface area contributed by atoms with Gasteiger partial charge in [0, 0.05) is 19.1 Å². The van der Waals surface area contributed by atoms with E-state index in [4.69, 9.17) is 10.9 Å². The number of nitrogens with one attached hydrogen (secondary N) is 2. The lowest BCUT2D eigenvalue weighted by Crippen LogP contribution is -2.37. The lowest BCUT2D eigenvalue weighted by molar-refractivity contribution is 0.555. The second-order valence-electron chi connectivity index (χ2n) is 8.03. The SMILES string of the molecule is NCc1nc2cc(-c3ccc(S(=O)(=O)N[C@@H]4CCNC4)c(S(N)(=O)=O)c3C3=NCN=N3)ccc2s1. The summed E-state index contributed by atoms with van der Waals surface area (Å²) in [6.45, 7) is 1.38. The predicted octanol–water partition coefficient (Wildman–Crippen LogP) is 0.880. The summed E-state index contributed by atoms with van der Waals surface area (Å²) < 4.78 is 55.8. The Morgan fingerprint density at radius 1 is 1.17 bits per heavy atom. The highest BCUT2D eigenvalue weighted by atomic mass is 32.2. The van der Waals surface area contributed by atoms with Crippen molar-refractivity contribution in [1.29, 1.82) is 0 Å². The van der Waals surface area contributed by atoms with Gasteiger partial charge in [0.15, 0.2) is 12.5 Å². The van der Waals surface area contributed by atoms with Gasteiger partial charge in [-0.25, -0.2) is 36.7 Å². The molecule has 15 heteroatoms. The fourth-order valence-electron chi connectivity index (χ4n) is 4.15. The van der Waals surface area contributed by atoms with Crippen molar-refractivity contribution in [2.75, 3.05) is 19.8 Å². The second-order valence-corrected chi connectivity index (χ2v) is 12.3. The van der Waals surface area contributed by atoms with Crippen molar-refractivity contribution >= 4 is 47.4 Å². The molecule has 184 valence electrons. The Labute approximate surface area is 205 Å². The standard InChI is InChI=1S/C20H22N8O4S3/c21-8-17-26-14-7-11(1-3-15(14)33-17)13-2-4-16(35(31,32)28-12-5-6-23-9-12)19(34(22,29)30)18(13)20-24-10-25-27-20/h1-4,7,12,23,28H,5-6,8-10,21H2,(H2,22,29,30)/t12-/m1/s1. The van der Waals surface area contributed by atoms with Crippen molar-refractivity contribution in [2.45, 2.75) is 28.8 Å². The third kappa shape index (κ3) is 4.63. The number of hydrogen-bond donors (Lipinski definition) is 4. The number of aromatic nitrogens is 1. The molecule has 3 aromatic rings. The van der Waals surface area contributed by atoms with Crippen LogP contribution in [0, 0.1) is 0 Å². The van der Waals surface area contributed by atoms with E-state index in [1.54, 1.807) is 12.1 Å². The van der Waals surface area contributed by atoms with Gasteiger partial charge in [-0.2, -0.15) is 5.11 Å². The van der Waals surface area contributed by atoms with Crippen LogP contribution in [0.3, 0.4) is 0 Å². The number of sulfonamides is 2. The molecule has 1 fully saturated rings. The number of benzene rings is 2. The van der Waals surface area contributed by atoms with Gasteiger partial charge in [0.25, 0.3) is 0 Å². The van der Waals surface area contributed by atoms with Crippen molar-refractivity contribution in [3.05, 3.63) is 40.9 Å². The molecule has 6 N–H and O–H groups in total. The van der Waals surface area contributed by atoms with Crippen LogP contribution < -0.4 is 20.9 Å². The Hall–Kier alpha value is -2.66. The molecular formula is C20H22N8O4S3. The highest BCUT2D eigenvalue weighted by Crippen LogP contribution is 2.36. The Bertz CT molecular complexity index is 1590. The number of nitrogens with two attached hydrogens (primary N) is 2. The largest absolute Gasteiger partial charge is 0.325 e. The van der Waals surface area contributed by atoms with E-state index in [9.17, 15) is 16.8 Å². The Kier molecular flexibility index (Phi) is 6.25. The number of aliphatic imine (C=N–C) groups is 1. The molecule has 1 atom stereocenters. The quantitative estimate of drug-likeness (QED) is 0.345. The van der Waals surface area contributed by atoms with Gasteiger partial charge in [-0.1, -0.05) is 12.1 Å². The molecular weight excluding hydrogens is 512 g/mol. The normalized spacial score (nSPS) is 18.5. The number of nitrogens with zero attached hydrogens (tertiary/aromatic N) is 4. The van der Waals surface area contributed by atoms with Gasteiger partial charge in [-0.3, -0.25) is 0 Å². The van der Waals surface area contributed by atoms with Crippen LogP contribution in [-0.4, -0.2) is 53.5 Å². The van der Waals surface area contributed by atoms with E-state index in [2.05, 4.69) is 30.2 Å². The Morgan fingerprint density at radius 2 is 2.00 bits per heavy atom. The van der Waals surface area contributed by atoms with Crippen LogP contribution in [0.15, 0.2) is 55.3 Å². The molecule has 0 spiro atoms. The lowest BCUT2D eigenvalue weighted by atomic mass is 9.98. The van der Waals surface area contributed by atoms with E-state index in [1.165, 1.54) is 23.5 Å². The van der Waals surface area contributed by atoms with E-state index in [0.29, 0.717) is 42.7 Å². The van der Waals surface area contributed by atoms with E-state index in [-0.39, 0.29) is 24.1 Å². The topological polar surface area (TPSA) is 194 Å². The van der Waals surface area contributed by atoms with Crippen molar-refractivity contribution in [2.24, 2.45) is 26.1 Å². The summed E-state index contributed by atoms with van der Waals surface area (Å²) >= 11 is 1.46. The van der Waals surface area contributed by atoms with E-state index in [1.807, 2.05) is 6.07 Å². The molecule has 0 radical (unpaired) electrons. The zero-order chi connectivity index (χ0) is 24.8. The minimum Gasteiger partial charge on any atom is -0.325 e. The van der Waals surface area contributed by atoms with Crippen LogP contribution in [0.4, 0.5) is 0 Å². The fraction of sp³-hybridized carbons (Fsp3) is 0.300. The average Bonchev–Trinajstić information content (AvgIpc) is 3.58. The molecule has 0 saturated carbocycles. The average molecular weight is 535 g/mol. The van der Waals surface area contributed by atoms with E-state index >= 15 is 0 Å². The van der Waals surface area contributed by atoms with Gasteiger partial charge in [-0.05, 0) is 42.3 Å². The van der Waals surface area contributed by atoms with Gasteiger partial charge >= 0.3 is 0 Å². The maximum atomic E-state index is 13.3. The lowest BCUT2D eigenvalue weighted by Gasteiger charge is -2.18. The van der Waals surface area contributed by atoms with Crippen LogP contribution in [0.5, 0.6) is 0 Å². The number of amidine groups is 1. The highest BCUT2D eigenvalue weighted by molar-refractivity contribution is 7.92. The zero-order valence-corrected chi connectivity index (χ0v) is 20.8. The summed E-state index contributed by atoms with van der Waals surface area (Å²) in [5.41, 5.74) is 7.35. The second kappa shape index (κ2) is 9.09. The molecule has 5 rings (SSSR count). The first kappa shape index (κ1) is 24.1. The number of azo groups is 1. The molecule has 0 unspecified atom stereocenters. The van der Waals surface area contributed by atoms with Crippen molar-refractivity contribution in [1.82, 2.24) is 15.0 Å². The number of primary sulfonamides is 1. The number of thiazole rings is 1. The van der Waals surface area contributed by atoms with Gasteiger partial charge in [-0.15, -0.1) is 16.5 Å². The van der Waals surface area contributed by atoms with Crippen LogP contribution in [0.2, 0.25) is 0 Å². The van der Waals surface area contributed by atoms with E-state index < -0.39 is 29.8 Å². The number of rotatable bonds is 7. The molecule has 0 bridgehead atoms. The summed E-state index contributed by atoms with van der Waals surface area (Å²) in [5.74, 6) is -0.00960. The summed E-state index contributed by atoms with van der Waals surface area (Å²) in [7, 11) is -8.78. The Morgan fingerprint density at radius 3 is 2.66 bits per heavy atom. The molecule has 3 heterocycles. The van der Waals surface area contributed by atoms with Crippen molar-refractivity contribution < 1.29 is 16.8 Å². The summed E-state index contributed by atoms with van der Waals surface area (Å²) in [5, 5.41) is 17.2. The molecule has 2 aliphatic heterocycles. The summed E-state index contributed by atoms with van der Waals surface area (Å²) in [6, 6.07) is 7.81. The maximum absolute atomic E-state index is 13.3. The van der Waals surface area contributed by atoms with Crippen molar-refractivity contribution in [3.63, 3.8) is 0 Å². The maximum Gasteiger partial charge on any atom is 0.242 e. The molecule has 2 aromatic carbocycles. The molecule has 0 amide bonds. The summed E-state index contributed by atoms with van der Waals surface area (Å²) in [4.78, 5) is 7.64. The van der Waals surface area contributed by atoms with E-state index in [0.717, 1.165) is 9.71 Å². The predicted molar refractivity (Wildman–Crippen MR) is 132 cm³/mol. The smallest absolute Gasteiger partial charge is 0.242 e. The fourth-order valence-corrected chi connectivity index (χ4v) is 7.84. The molecule has 35 heavy (non-hydrogen) atoms. The first-order valence-electron chi connectivity index (χ1n) is 10.6. The molecule has 1 saturated heterocycles. The Balaban J connectivity index is 1.75. The highest BCUT2D eigenvalue weighted by Gasteiger charge is 2.34. The van der Waals surface area contributed by atoms with Crippen molar-refractivity contribution in [3.8, 4) is 11.1 Å². The monoisotopic (exact) mass is 534 g/mol. The molecule has 12 nitrogen and oxygen atoms in total. The summed E-state index contributed by atoms with van der Waals surface area (Å²) in [6.07, 6.45) is 0.578. The minimum atomic E-state index is -4.54. The number of hydrogen-bond acceptors (Lipinski definition) is 11. The van der Waals surface area contributed by atoms with Crippen LogP contribution >= 0.6 is 11.3 Å². The molecule has 0 aliphatic carbocycles. The third-order valence-electron chi connectivity index (χ3n) is 5.67. The molecule has 1 aromatic heterocycles. The van der Waals surface area contributed by atoms with Crippen LogP contribution in [-0.2, 0) is 26.6 Å². The van der Waals surface area contributed by atoms with Gasteiger partial charge in [0.2, 0.25) is 20.0 Å². The van der Waals surface area contributed by atoms with Gasteiger partial charge < -0.3 is 11.1 Å². The van der Waals surface area contributed by atoms with Gasteiger partial charge in [0.1, 0.15) is 14.8 Å². The zero-order valence-electron chi connectivity index (χ0n) is 18.3. The molecule has 2 aliphatic rings. The van der Waals surface area contributed by atoms with Crippen LogP contribution in [0.1, 0.15) is 17.0 Å². The first-order chi connectivity index (χ1) is 16.7. The van der Waals surface area contributed by atoms with Crippen LogP contribution in [0.25, 0.3) is 21.3 Å².